The molecule has 2 aromatic rings. The van der Waals surface area contributed by atoms with Crippen molar-refractivity contribution in [1.82, 2.24) is 9.78 Å². The quantitative estimate of drug-likeness (QED) is 0.813. The average molecular weight is 283 g/mol. The van der Waals surface area contributed by atoms with Crippen LogP contribution in [0, 0.1) is 5.95 Å². The monoisotopic (exact) mass is 282 g/mol. The van der Waals surface area contributed by atoms with E-state index in [9.17, 15) is 9.18 Å². The van der Waals surface area contributed by atoms with Gasteiger partial charge in [0, 0.05) is 17.6 Å². The first-order chi connectivity index (χ1) is 9.04. The molecule has 100 valence electrons. The molecule has 1 aromatic heterocycles. The Kier molecular flexibility index (Phi) is 3.85. The molecule has 4 nitrogen and oxygen atoms in total. The summed E-state index contributed by atoms with van der Waals surface area (Å²) in [6, 6.07) is 6.65. The maximum absolute atomic E-state index is 13.9. The minimum absolute atomic E-state index is 0.160. The van der Waals surface area contributed by atoms with Crippen molar-refractivity contribution in [3.63, 3.8) is 0 Å². The van der Waals surface area contributed by atoms with Crippen LogP contribution in [0.3, 0.4) is 0 Å². The molecule has 19 heavy (non-hydrogen) atoms. The summed E-state index contributed by atoms with van der Waals surface area (Å²) >= 11 is 5.80. The van der Waals surface area contributed by atoms with Gasteiger partial charge in [-0.3, -0.25) is 0 Å². The smallest absolute Gasteiger partial charge is 0.345 e. The largest absolute Gasteiger partial charge is 0.462 e. The number of halogens is 2. The number of benzene rings is 1. The zero-order chi connectivity index (χ0) is 14.0. The maximum Gasteiger partial charge on any atom is 0.345 e. The topological polar surface area (TPSA) is 44.1 Å². The summed E-state index contributed by atoms with van der Waals surface area (Å²) in [5, 5.41) is 4.56. The van der Waals surface area contributed by atoms with Crippen LogP contribution in [0.25, 0.3) is 11.3 Å². The molecule has 0 unspecified atom stereocenters. The molecule has 0 fully saturated rings. The minimum atomic E-state index is -0.724. The highest BCUT2D eigenvalue weighted by atomic mass is 35.5. The third-order valence-corrected chi connectivity index (χ3v) is 2.83. The van der Waals surface area contributed by atoms with E-state index in [1.807, 2.05) is 0 Å². The fourth-order valence-electron chi connectivity index (χ4n) is 1.70. The van der Waals surface area contributed by atoms with Crippen LogP contribution in [-0.4, -0.2) is 22.4 Å². The van der Waals surface area contributed by atoms with E-state index in [1.165, 1.54) is 7.05 Å². The lowest BCUT2D eigenvalue weighted by Gasteiger charge is -2.02. The summed E-state index contributed by atoms with van der Waals surface area (Å²) in [4.78, 5) is 11.8. The van der Waals surface area contributed by atoms with Crippen molar-refractivity contribution in [3.8, 4) is 11.3 Å². The van der Waals surface area contributed by atoms with Gasteiger partial charge in [-0.2, -0.15) is 9.49 Å². The molecular formula is C13H12ClFN2O2. The van der Waals surface area contributed by atoms with Gasteiger partial charge in [0.2, 0.25) is 5.95 Å². The lowest BCUT2D eigenvalue weighted by Crippen LogP contribution is -2.08. The lowest BCUT2D eigenvalue weighted by molar-refractivity contribution is 0.0521. The highest BCUT2D eigenvalue weighted by molar-refractivity contribution is 6.30. The standard InChI is InChI=1S/C13H12ClFN2O2/c1-3-19-13(18)10-11(16-17(2)12(10)15)8-4-6-9(14)7-5-8/h4-7H,3H2,1-2H3. The van der Waals surface area contributed by atoms with Gasteiger partial charge in [-0.15, -0.1) is 0 Å². The minimum Gasteiger partial charge on any atom is -0.462 e. The van der Waals surface area contributed by atoms with Crippen molar-refractivity contribution < 1.29 is 13.9 Å². The molecule has 0 saturated carbocycles. The number of ether oxygens (including phenoxy) is 1. The van der Waals surface area contributed by atoms with Gasteiger partial charge in [-0.25, -0.2) is 9.48 Å². The van der Waals surface area contributed by atoms with Crippen molar-refractivity contribution in [3.05, 3.63) is 40.8 Å². The molecule has 0 aliphatic heterocycles. The Morgan fingerprint density at radius 3 is 2.63 bits per heavy atom. The molecule has 0 spiro atoms. The number of rotatable bonds is 3. The third kappa shape index (κ3) is 2.61. The van der Waals surface area contributed by atoms with Gasteiger partial charge in [0.15, 0.2) is 0 Å². The number of hydrogen-bond donors (Lipinski definition) is 0. The second-order valence-electron chi connectivity index (χ2n) is 3.87. The third-order valence-electron chi connectivity index (χ3n) is 2.57. The maximum atomic E-state index is 13.9. The van der Waals surface area contributed by atoms with E-state index in [0.717, 1.165) is 4.68 Å². The molecule has 0 N–H and O–H groups in total. The van der Waals surface area contributed by atoms with Crippen molar-refractivity contribution in [2.24, 2.45) is 7.05 Å². The predicted octanol–water partition coefficient (Wildman–Crippen LogP) is 3.06. The van der Waals surface area contributed by atoms with E-state index >= 15 is 0 Å². The molecule has 2 rings (SSSR count). The molecule has 1 aromatic carbocycles. The molecule has 0 atom stereocenters. The number of aromatic nitrogens is 2. The fourth-order valence-corrected chi connectivity index (χ4v) is 1.82. The predicted molar refractivity (Wildman–Crippen MR) is 69.6 cm³/mol. The van der Waals surface area contributed by atoms with Gasteiger partial charge in [-0.05, 0) is 19.1 Å². The molecular weight excluding hydrogens is 271 g/mol. The molecule has 0 bridgehead atoms. The van der Waals surface area contributed by atoms with Crippen LogP contribution in [0.1, 0.15) is 17.3 Å². The van der Waals surface area contributed by atoms with Crippen LogP contribution >= 0.6 is 11.6 Å². The lowest BCUT2D eigenvalue weighted by atomic mass is 10.1. The van der Waals surface area contributed by atoms with E-state index < -0.39 is 11.9 Å². The summed E-state index contributed by atoms with van der Waals surface area (Å²) < 4.78 is 19.8. The number of esters is 1. The first-order valence-electron chi connectivity index (χ1n) is 5.70. The SMILES string of the molecule is CCOC(=O)c1c(-c2ccc(Cl)cc2)nn(C)c1F. The van der Waals surface area contributed by atoms with Gasteiger partial charge >= 0.3 is 5.97 Å². The second-order valence-corrected chi connectivity index (χ2v) is 4.30. The summed E-state index contributed by atoms with van der Waals surface area (Å²) in [7, 11) is 1.43. The second kappa shape index (κ2) is 5.40. The van der Waals surface area contributed by atoms with Crippen LogP contribution < -0.4 is 0 Å². The number of nitrogens with zero attached hydrogens (tertiary/aromatic N) is 2. The molecule has 0 saturated heterocycles. The Balaban J connectivity index is 2.54. The average Bonchev–Trinajstić information content (AvgIpc) is 2.67. The van der Waals surface area contributed by atoms with Gasteiger partial charge in [0.1, 0.15) is 11.3 Å². The van der Waals surface area contributed by atoms with Crippen molar-refractivity contribution in [1.29, 1.82) is 0 Å². The highest BCUT2D eigenvalue weighted by Crippen LogP contribution is 2.26. The van der Waals surface area contributed by atoms with Crippen LogP contribution in [0.2, 0.25) is 5.02 Å². The zero-order valence-corrected chi connectivity index (χ0v) is 11.2. The Labute approximate surface area is 114 Å². The van der Waals surface area contributed by atoms with E-state index in [4.69, 9.17) is 16.3 Å². The van der Waals surface area contributed by atoms with E-state index in [2.05, 4.69) is 5.10 Å². The number of carbonyl (C=O) groups excluding carboxylic acids is 1. The molecule has 0 aliphatic carbocycles. The van der Waals surface area contributed by atoms with Gasteiger partial charge in [0.25, 0.3) is 0 Å². The van der Waals surface area contributed by atoms with Crippen LogP contribution in [0.15, 0.2) is 24.3 Å². The van der Waals surface area contributed by atoms with Crippen molar-refractivity contribution >= 4 is 17.6 Å². The molecule has 0 radical (unpaired) electrons. The van der Waals surface area contributed by atoms with E-state index in [-0.39, 0.29) is 17.9 Å². The molecule has 6 heteroatoms. The van der Waals surface area contributed by atoms with Crippen LogP contribution in [-0.2, 0) is 11.8 Å². The van der Waals surface area contributed by atoms with Crippen molar-refractivity contribution in [2.75, 3.05) is 6.61 Å². The summed E-state index contributed by atoms with van der Waals surface area (Å²) in [5.74, 6) is -1.44. The number of aryl methyl sites for hydroxylation is 1. The Hall–Kier alpha value is -1.88. The normalized spacial score (nSPS) is 10.5. The first-order valence-corrected chi connectivity index (χ1v) is 6.08. The van der Waals surface area contributed by atoms with E-state index in [0.29, 0.717) is 10.6 Å². The Bertz CT molecular complexity index is 608. The van der Waals surface area contributed by atoms with Gasteiger partial charge < -0.3 is 4.74 Å². The summed E-state index contributed by atoms with van der Waals surface area (Å²) in [6.07, 6.45) is 0. The summed E-state index contributed by atoms with van der Waals surface area (Å²) in [6.45, 7) is 1.83. The number of carbonyl (C=O) groups is 1. The van der Waals surface area contributed by atoms with Gasteiger partial charge in [0.05, 0.1) is 6.61 Å². The molecule has 0 amide bonds. The zero-order valence-electron chi connectivity index (χ0n) is 10.5. The fraction of sp³-hybridized carbons (Fsp3) is 0.231. The molecule has 0 aliphatic rings. The van der Waals surface area contributed by atoms with Gasteiger partial charge in [-0.1, -0.05) is 23.7 Å². The van der Waals surface area contributed by atoms with E-state index in [1.54, 1.807) is 31.2 Å². The van der Waals surface area contributed by atoms with Crippen molar-refractivity contribution in [2.45, 2.75) is 6.92 Å². The highest BCUT2D eigenvalue weighted by Gasteiger charge is 2.25. The van der Waals surface area contributed by atoms with Crippen LogP contribution in [0.4, 0.5) is 4.39 Å². The molecule has 1 heterocycles. The Morgan fingerprint density at radius 2 is 2.05 bits per heavy atom. The number of hydrogen-bond acceptors (Lipinski definition) is 3. The summed E-state index contributed by atoms with van der Waals surface area (Å²) in [5.41, 5.74) is 0.689. The Morgan fingerprint density at radius 1 is 1.42 bits per heavy atom. The van der Waals surface area contributed by atoms with Crippen LogP contribution in [0.5, 0.6) is 0 Å². The first kappa shape index (κ1) is 13.5.